The third-order valence-electron chi connectivity index (χ3n) is 7.48. The van der Waals surface area contributed by atoms with E-state index in [4.69, 9.17) is 36.4 Å². The van der Waals surface area contributed by atoms with Gasteiger partial charge in [-0.15, -0.1) is 0 Å². The molecule has 13 nitrogen and oxygen atoms in total. The number of nitrogens with zero attached hydrogens (tertiary/aromatic N) is 5. The Kier molecular flexibility index (Phi) is 9.83. The molecule has 4 aromatic rings. The number of nitrogens with one attached hydrogen (secondary N) is 1. The van der Waals surface area contributed by atoms with Crippen LogP contribution >= 0.6 is 7.07 Å². The van der Waals surface area contributed by atoms with Gasteiger partial charge in [0, 0.05) is 12.4 Å². The van der Waals surface area contributed by atoms with E-state index >= 15 is 4.39 Å². The second kappa shape index (κ2) is 13.3. The second-order valence-corrected chi connectivity index (χ2v) is 14.8. The summed E-state index contributed by atoms with van der Waals surface area (Å²) in [5, 5.41) is 15.7. The van der Waals surface area contributed by atoms with Gasteiger partial charge in [0.25, 0.3) is 0 Å². The van der Waals surface area contributed by atoms with Gasteiger partial charge in [0.15, 0.2) is 41.7 Å². The van der Waals surface area contributed by atoms with E-state index in [0.29, 0.717) is 17.1 Å². The lowest BCUT2D eigenvalue weighted by atomic mass is 9.98. The van der Waals surface area contributed by atoms with E-state index in [-0.39, 0.29) is 30.2 Å². The minimum atomic E-state index is -2.54. The summed E-state index contributed by atoms with van der Waals surface area (Å²) >= 11 is 5.77. The topological polar surface area (TPSA) is 159 Å². The van der Waals surface area contributed by atoms with E-state index < -0.39 is 43.2 Å². The maximum absolute atomic E-state index is 16.1. The lowest BCUT2D eigenvalue weighted by Gasteiger charge is -2.30. The first-order valence-electron chi connectivity index (χ1n) is 14.7. The van der Waals surface area contributed by atoms with Crippen LogP contribution in [0.15, 0.2) is 48.8 Å². The fourth-order valence-electron chi connectivity index (χ4n) is 5.01. The average molecular weight is 676 g/mol. The summed E-state index contributed by atoms with van der Waals surface area (Å²) in [4.78, 5) is 33.4. The number of fused-ring (bicyclic) bond motifs is 2. The van der Waals surface area contributed by atoms with E-state index in [0.717, 1.165) is 10.8 Å². The van der Waals surface area contributed by atoms with Crippen LogP contribution in [0.25, 0.3) is 21.9 Å². The van der Waals surface area contributed by atoms with E-state index in [1.165, 1.54) is 22.7 Å². The number of alkyl halides is 1. The molecule has 1 saturated heterocycles. The molecule has 0 aliphatic carbocycles. The standard InChI is InChI=1S/C30H39FN7O6PS/c1-17(26(40)41-15-29(2,3)4)38(44-20-13-9-11-18-10-7-8-12-19(18)20)45(46)42-14-21-23(39)30(5,31)27(43-21)37-16-34-22-24(33-6)35-28(32)36-25(22)37/h7-13,16-17,21,23,27,39,45H,14-15H2,1-6H3,(H3,32,33,35,36)/t17-,21-,23-,27-,30-/m1/s1. The monoisotopic (exact) mass is 675 g/mol. The number of aliphatic hydroxyl groups excluding tert-OH is 1. The number of aliphatic hydroxyl groups is 1. The van der Waals surface area contributed by atoms with Crippen LogP contribution in [0, 0.1) is 5.41 Å². The molecule has 4 N–H and O–H groups in total. The van der Waals surface area contributed by atoms with Crippen molar-refractivity contribution in [3.63, 3.8) is 0 Å². The molecule has 6 atom stereocenters. The molecular weight excluding hydrogens is 636 g/mol. The number of esters is 1. The van der Waals surface area contributed by atoms with Crippen LogP contribution < -0.4 is 15.9 Å². The van der Waals surface area contributed by atoms with E-state index in [1.54, 1.807) is 20.0 Å². The lowest BCUT2D eigenvalue weighted by molar-refractivity contribution is -0.157. The van der Waals surface area contributed by atoms with Crippen molar-refractivity contribution in [3.8, 4) is 5.75 Å². The summed E-state index contributed by atoms with van der Waals surface area (Å²) < 4.78 is 35.1. The molecule has 16 heteroatoms. The molecule has 0 spiro atoms. The van der Waals surface area contributed by atoms with E-state index in [9.17, 15) is 9.90 Å². The Morgan fingerprint density at radius 1 is 1.28 bits per heavy atom. The molecule has 0 amide bonds. The quantitative estimate of drug-likeness (QED) is 0.117. The summed E-state index contributed by atoms with van der Waals surface area (Å²) in [5.74, 6) is 0.235. The highest BCUT2D eigenvalue weighted by Crippen LogP contribution is 2.44. The molecule has 1 aliphatic rings. The van der Waals surface area contributed by atoms with Crippen molar-refractivity contribution in [1.82, 2.24) is 24.4 Å². The Morgan fingerprint density at radius 3 is 2.72 bits per heavy atom. The van der Waals surface area contributed by atoms with Crippen LogP contribution in [0.3, 0.4) is 0 Å². The highest BCUT2D eigenvalue weighted by Gasteiger charge is 2.55. The number of benzene rings is 2. The number of nitrogen functional groups attached to an aromatic ring is 1. The van der Waals surface area contributed by atoms with Gasteiger partial charge in [0.1, 0.15) is 18.2 Å². The molecule has 5 rings (SSSR count). The molecule has 0 bridgehead atoms. The second-order valence-electron chi connectivity index (χ2n) is 12.4. The van der Waals surface area contributed by atoms with Gasteiger partial charge in [0.05, 0.1) is 19.5 Å². The highest BCUT2D eigenvalue weighted by molar-refractivity contribution is 8.01. The normalized spacial score (nSPS) is 23.1. The SMILES string of the molecule is CNc1nc(N)nc2c1ncn2[C@@H]1O[C@H](CO[PH](=S)N(Oc2cccc3ccccc23)[C@H](C)C(=O)OCC(C)(C)C)[C@@H](O)[C@@]1(C)F. The molecule has 0 radical (unpaired) electrons. The minimum absolute atomic E-state index is 0.0441. The van der Waals surface area contributed by atoms with Gasteiger partial charge in [-0.3, -0.25) is 9.36 Å². The van der Waals surface area contributed by atoms with Crippen molar-refractivity contribution >= 4 is 58.6 Å². The van der Waals surface area contributed by atoms with Gasteiger partial charge in [-0.25, -0.2) is 9.37 Å². The summed E-state index contributed by atoms with van der Waals surface area (Å²) in [6, 6.07) is 12.2. The summed E-state index contributed by atoms with van der Waals surface area (Å²) in [6.07, 6.45) is -2.71. The van der Waals surface area contributed by atoms with Gasteiger partial charge in [-0.2, -0.15) is 9.97 Å². The maximum Gasteiger partial charge on any atom is 0.327 e. The number of carbonyl (C=O) groups excluding carboxylic acids is 1. The number of hydrogen-bond acceptors (Lipinski definition) is 12. The third-order valence-corrected chi connectivity index (χ3v) is 9.63. The zero-order valence-corrected chi connectivity index (χ0v) is 28.2. The molecule has 2 aromatic carbocycles. The Labute approximate surface area is 271 Å². The van der Waals surface area contributed by atoms with Crippen LogP contribution in [0.1, 0.15) is 40.8 Å². The van der Waals surface area contributed by atoms with Crippen LogP contribution in [0.5, 0.6) is 5.75 Å². The zero-order chi connectivity index (χ0) is 33.4. The number of hydroxylamine groups is 1. The van der Waals surface area contributed by atoms with Gasteiger partial charge in [-0.05, 0) is 30.7 Å². The molecule has 46 heavy (non-hydrogen) atoms. The van der Waals surface area contributed by atoms with Gasteiger partial charge in [0.2, 0.25) is 5.95 Å². The average Bonchev–Trinajstić information content (AvgIpc) is 3.53. The highest BCUT2D eigenvalue weighted by atomic mass is 32.4. The van der Waals surface area contributed by atoms with Crippen molar-refractivity contribution in [2.75, 3.05) is 31.3 Å². The van der Waals surface area contributed by atoms with Crippen LogP contribution in [0.4, 0.5) is 16.2 Å². The molecular formula is C30H39FN7O6PS. The number of nitrogens with two attached hydrogens (primary N) is 1. The number of ether oxygens (including phenoxy) is 2. The summed E-state index contributed by atoms with van der Waals surface area (Å²) in [6.45, 7) is 8.59. The molecule has 1 aliphatic heterocycles. The largest absolute Gasteiger partial charge is 0.464 e. The molecule has 248 valence electrons. The van der Waals surface area contributed by atoms with Crippen molar-refractivity contribution in [3.05, 3.63) is 48.8 Å². The van der Waals surface area contributed by atoms with Gasteiger partial charge >= 0.3 is 5.97 Å². The smallest absolute Gasteiger partial charge is 0.327 e. The third kappa shape index (κ3) is 6.94. The predicted molar refractivity (Wildman–Crippen MR) is 177 cm³/mol. The van der Waals surface area contributed by atoms with Crippen molar-refractivity contribution < 1.29 is 33.1 Å². The first-order valence-corrected chi connectivity index (χ1v) is 17.2. The summed E-state index contributed by atoms with van der Waals surface area (Å²) in [7, 11) is -0.893. The molecule has 2 aromatic heterocycles. The van der Waals surface area contributed by atoms with Crippen molar-refractivity contribution in [1.29, 1.82) is 0 Å². The Bertz CT molecular complexity index is 1750. The van der Waals surface area contributed by atoms with Crippen LogP contribution in [-0.2, 0) is 30.6 Å². The van der Waals surface area contributed by atoms with Gasteiger partial charge < -0.3 is 35.0 Å². The zero-order valence-electron chi connectivity index (χ0n) is 26.4. The fraction of sp³-hybridized carbons (Fsp3) is 0.467. The Balaban J connectivity index is 1.37. The first-order chi connectivity index (χ1) is 21.7. The summed E-state index contributed by atoms with van der Waals surface area (Å²) in [5.41, 5.74) is 3.91. The number of imidazole rings is 1. The van der Waals surface area contributed by atoms with Crippen molar-refractivity contribution in [2.45, 2.75) is 64.8 Å². The van der Waals surface area contributed by atoms with Crippen LogP contribution in [0.2, 0.25) is 0 Å². The first kappa shape index (κ1) is 33.9. The Morgan fingerprint density at radius 2 is 2.00 bits per heavy atom. The van der Waals surface area contributed by atoms with Crippen LogP contribution in [-0.4, -0.2) is 79.6 Å². The maximum atomic E-state index is 16.1. The number of aromatic nitrogens is 4. The van der Waals surface area contributed by atoms with Crippen molar-refractivity contribution in [2.24, 2.45) is 5.41 Å². The predicted octanol–water partition coefficient (Wildman–Crippen LogP) is 4.39. The fourth-order valence-corrected chi connectivity index (χ4v) is 6.83. The number of anilines is 2. The Hall–Kier alpha value is -3.46. The molecule has 3 heterocycles. The van der Waals surface area contributed by atoms with Gasteiger partial charge in [-0.1, -0.05) is 73.8 Å². The molecule has 1 fully saturated rings. The van der Waals surface area contributed by atoms with E-state index in [2.05, 4.69) is 20.3 Å². The number of carbonyl (C=O) groups is 1. The molecule has 0 saturated carbocycles. The lowest BCUT2D eigenvalue weighted by Crippen LogP contribution is -2.41. The van der Waals surface area contributed by atoms with E-state index in [1.807, 2.05) is 57.2 Å². The minimum Gasteiger partial charge on any atom is -0.464 e. The number of hydrogen-bond donors (Lipinski definition) is 3. The molecule has 1 unspecified atom stereocenters. The number of rotatable bonds is 11. The number of halogens is 1.